The quantitative estimate of drug-likeness (QED) is 0.248. The summed E-state index contributed by atoms with van der Waals surface area (Å²) in [6.45, 7) is 2.93. The number of aliphatic carboxylic acids is 1. The van der Waals surface area contributed by atoms with Crippen molar-refractivity contribution in [1.29, 1.82) is 0 Å². The van der Waals surface area contributed by atoms with Crippen molar-refractivity contribution in [2.24, 2.45) is 0 Å². The Labute approximate surface area is 166 Å². The molecule has 0 bridgehead atoms. The number of carboxylic acid groups (broad SMARTS) is 1. The Morgan fingerprint density at radius 1 is 1.21 bits per heavy atom. The van der Waals surface area contributed by atoms with Crippen LogP contribution in [-0.2, 0) is 9.63 Å². The summed E-state index contributed by atoms with van der Waals surface area (Å²) in [4.78, 5) is 20.3. The number of rotatable bonds is 9. The number of nitrogens with two attached hydrogens (primary N) is 1. The van der Waals surface area contributed by atoms with Crippen LogP contribution >= 0.6 is 11.8 Å². The fourth-order valence-electron chi connectivity index (χ4n) is 2.71. The van der Waals surface area contributed by atoms with Gasteiger partial charge in [-0.3, -0.25) is 9.89 Å². The lowest BCUT2D eigenvalue weighted by molar-refractivity contribution is -0.830. The average Bonchev–Trinajstić information content (AvgIpc) is 3.16. The molecule has 0 aliphatic rings. The van der Waals surface area contributed by atoms with E-state index in [1.165, 1.54) is 0 Å². The Kier molecular flexibility index (Phi) is 6.64. The Morgan fingerprint density at radius 2 is 1.96 bits per heavy atom. The third-order valence-corrected chi connectivity index (χ3v) is 4.70. The van der Waals surface area contributed by atoms with E-state index in [2.05, 4.69) is 39.6 Å². The first-order valence-corrected chi connectivity index (χ1v) is 9.70. The summed E-state index contributed by atoms with van der Waals surface area (Å²) >= 11 is 1.07. The molecule has 0 atom stereocenters. The van der Waals surface area contributed by atoms with Crippen molar-refractivity contribution in [2.45, 2.75) is 12.1 Å². The highest BCUT2D eigenvalue weighted by atomic mass is 32.2. The number of carboxylic acids is 1. The molecule has 0 aliphatic heterocycles. The SMILES string of the molecule is CCNc1ccc(-c2cc([NH2+]OC)cc(-c3nc(SCC(=O)O)n[nH]3)c2)cc1. The van der Waals surface area contributed by atoms with Gasteiger partial charge < -0.3 is 10.4 Å². The van der Waals surface area contributed by atoms with Crippen molar-refractivity contribution in [3.63, 3.8) is 0 Å². The van der Waals surface area contributed by atoms with Crippen molar-refractivity contribution in [3.8, 4) is 22.5 Å². The fourth-order valence-corrected chi connectivity index (χ4v) is 3.23. The van der Waals surface area contributed by atoms with E-state index in [4.69, 9.17) is 9.94 Å². The maximum atomic E-state index is 10.7. The van der Waals surface area contributed by atoms with Crippen LogP contribution in [0, 0.1) is 0 Å². The molecule has 0 radical (unpaired) electrons. The first kappa shape index (κ1) is 19.9. The first-order chi connectivity index (χ1) is 13.6. The van der Waals surface area contributed by atoms with Crippen molar-refractivity contribution >= 4 is 29.1 Å². The lowest BCUT2D eigenvalue weighted by atomic mass is 10.0. The number of H-pyrrole nitrogens is 1. The van der Waals surface area contributed by atoms with E-state index in [0.717, 1.165) is 46.4 Å². The van der Waals surface area contributed by atoms with Gasteiger partial charge in [0.15, 0.2) is 11.5 Å². The Hall–Kier alpha value is -2.88. The lowest BCUT2D eigenvalue weighted by Gasteiger charge is -2.08. The summed E-state index contributed by atoms with van der Waals surface area (Å²) in [7, 11) is 1.60. The molecular formula is C19H22N5O3S+. The molecule has 9 heteroatoms. The van der Waals surface area contributed by atoms with E-state index in [-0.39, 0.29) is 5.75 Å². The molecule has 2 aromatic carbocycles. The van der Waals surface area contributed by atoms with Gasteiger partial charge >= 0.3 is 5.97 Å². The van der Waals surface area contributed by atoms with Crippen LogP contribution in [0.25, 0.3) is 22.5 Å². The zero-order valence-electron chi connectivity index (χ0n) is 15.6. The largest absolute Gasteiger partial charge is 0.481 e. The maximum Gasteiger partial charge on any atom is 0.313 e. The Balaban J connectivity index is 1.92. The molecule has 1 aromatic heterocycles. The van der Waals surface area contributed by atoms with Gasteiger partial charge in [0.2, 0.25) is 5.16 Å². The summed E-state index contributed by atoms with van der Waals surface area (Å²) in [5.41, 5.74) is 6.54. The van der Waals surface area contributed by atoms with Gasteiger partial charge in [-0.2, -0.15) is 5.48 Å². The van der Waals surface area contributed by atoms with Crippen molar-refractivity contribution in [1.82, 2.24) is 15.2 Å². The highest BCUT2D eigenvalue weighted by molar-refractivity contribution is 7.99. The van der Waals surface area contributed by atoms with E-state index >= 15 is 0 Å². The number of aromatic nitrogens is 3. The molecule has 3 aromatic rings. The van der Waals surface area contributed by atoms with Crippen LogP contribution in [0.2, 0.25) is 0 Å². The molecule has 0 saturated carbocycles. The van der Waals surface area contributed by atoms with Gasteiger partial charge in [-0.1, -0.05) is 23.9 Å². The number of benzene rings is 2. The summed E-state index contributed by atoms with van der Waals surface area (Å²) in [6, 6.07) is 14.2. The molecule has 0 amide bonds. The number of quaternary nitrogens is 1. The van der Waals surface area contributed by atoms with Gasteiger partial charge in [-0.25, -0.2) is 9.82 Å². The Bertz CT molecular complexity index is 943. The predicted octanol–water partition coefficient (Wildman–Crippen LogP) is 2.50. The Morgan fingerprint density at radius 3 is 2.64 bits per heavy atom. The highest BCUT2D eigenvalue weighted by Gasteiger charge is 2.13. The molecule has 0 unspecified atom stereocenters. The minimum absolute atomic E-state index is 0.0851. The van der Waals surface area contributed by atoms with Crippen LogP contribution in [0.1, 0.15) is 6.92 Å². The second-order valence-electron chi connectivity index (χ2n) is 5.95. The van der Waals surface area contributed by atoms with E-state index in [1.807, 2.05) is 30.3 Å². The standard InChI is InChI=1S/C19H21N5O3S/c1-3-20-15-6-4-12(5-7-15)13-8-14(10-16(9-13)24-27-2)18-21-19(23-22-18)28-11-17(25)26/h4-10,20,24H,3,11H2,1-2H3,(H,25,26)(H,21,22,23)/p+1. The number of carbonyl (C=O) groups is 1. The smallest absolute Gasteiger partial charge is 0.313 e. The topological polar surface area (TPSA) is 117 Å². The molecule has 0 aliphatic carbocycles. The molecule has 28 heavy (non-hydrogen) atoms. The van der Waals surface area contributed by atoms with Gasteiger partial charge in [-0.15, -0.1) is 5.10 Å². The van der Waals surface area contributed by atoms with E-state index < -0.39 is 5.97 Å². The highest BCUT2D eigenvalue weighted by Crippen LogP contribution is 2.29. The van der Waals surface area contributed by atoms with Crippen molar-refractivity contribution in [2.75, 3.05) is 24.7 Å². The second-order valence-corrected chi connectivity index (χ2v) is 6.90. The van der Waals surface area contributed by atoms with Crippen LogP contribution in [0.3, 0.4) is 0 Å². The molecule has 0 saturated heterocycles. The third-order valence-electron chi connectivity index (χ3n) is 3.87. The predicted molar refractivity (Wildman–Crippen MR) is 108 cm³/mol. The molecule has 8 nitrogen and oxygen atoms in total. The van der Waals surface area contributed by atoms with Crippen LogP contribution in [-0.4, -0.2) is 45.7 Å². The van der Waals surface area contributed by atoms with Gasteiger partial charge in [0.25, 0.3) is 0 Å². The molecule has 0 fully saturated rings. The summed E-state index contributed by atoms with van der Waals surface area (Å²) in [6.07, 6.45) is 0. The number of thioether (sulfide) groups is 1. The summed E-state index contributed by atoms with van der Waals surface area (Å²) < 4.78 is 0. The zero-order chi connectivity index (χ0) is 19.9. The van der Waals surface area contributed by atoms with E-state index in [1.54, 1.807) is 12.6 Å². The number of hydrogen-bond acceptors (Lipinski definition) is 6. The molecule has 3 rings (SSSR count). The van der Waals surface area contributed by atoms with E-state index in [0.29, 0.717) is 11.0 Å². The van der Waals surface area contributed by atoms with E-state index in [9.17, 15) is 4.79 Å². The number of aromatic amines is 1. The number of nitrogens with zero attached hydrogens (tertiary/aromatic N) is 2. The molecule has 1 heterocycles. The summed E-state index contributed by atoms with van der Waals surface area (Å²) in [5.74, 6) is -0.417. The maximum absolute atomic E-state index is 10.7. The van der Waals surface area contributed by atoms with Crippen LogP contribution in [0.15, 0.2) is 47.6 Å². The number of hydrogen-bond donors (Lipinski definition) is 4. The lowest BCUT2D eigenvalue weighted by Crippen LogP contribution is -2.75. The normalized spacial score (nSPS) is 10.8. The fraction of sp³-hybridized carbons (Fsp3) is 0.211. The van der Waals surface area contributed by atoms with Gasteiger partial charge in [0.1, 0.15) is 0 Å². The van der Waals surface area contributed by atoms with Crippen molar-refractivity contribution < 1.29 is 20.2 Å². The van der Waals surface area contributed by atoms with Crippen LogP contribution in [0.4, 0.5) is 11.4 Å². The molecule has 146 valence electrons. The molecule has 0 spiro atoms. The number of anilines is 1. The minimum atomic E-state index is -0.906. The first-order valence-electron chi connectivity index (χ1n) is 8.72. The zero-order valence-corrected chi connectivity index (χ0v) is 16.4. The number of nitrogens with one attached hydrogen (secondary N) is 2. The van der Waals surface area contributed by atoms with Crippen molar-refractivity contribution in [3.05, 3.63) is 42.5 Å². The average molecular weight is 400 g/mol. The molecule has 5 N–H and O–H groups in total. The second kappa shape index (κ2) is 9.36. The third kappa shape index (κ3) is 5.10. The summed E-state index contributed by atoms with van der Waals surface area (Å²) in [5, 5.41) is 19.5. The molecular weight excluding hydrogens is 378 g/mol. The van der Waals surface area contributed by atoms with Gasteiger partial charge in [-0.05, 0) is 36.2 Å². The monoisotopic (exact) mass is 400 g/mol. The van der Waals surface area contributed by atoms with Crippen LogP contribution < -0.4 is 10.8 Å². The van der Waals surface area contributed by atoms with Gasteiger partial charge in [0, 0.05) is 29.9 Å². The van der Waals surface area contributed by atoms with Crippen LogP contribution in [0.5, 0.6) is 0 Å². The van der Waals surface area contributed by atoms with Gasteiger partial charge in [0.05, 0.1) is 12.9 Å². The minimum Gasteiger partial charge on any atom is -0.481 e.